The van der Waals surface area contributed by atoms with Gasteiger partial charge in [-0.05, 0) is 37.4 Å². The Hall–Kier alpha value is -0.350. The van der Waals surface area contributed by atoms with Gasteiger partial charge in [0.05, 0.1) is 8.35 Å². The fourth-order valence-corrected chi connectivity index (χ4v) is 4.87. The van der Waals surface area contributed by atoms with Crippen LogP contribution in [-0.4, -0.2) is 6.54 Å². The molecule has 0 aliphatic heterocycles. The molecule has 0 spiro atoms. The van der Waals surface area contributed by atoms with E-state index in [1.165, 1.54) is 27.1 Å². The molecule has 104 valence electrons. The Kier molecular flexibility index (Phi) is 5.89. The first-order valence-electron chi connectivity index (χ1n) is 6.72. The molecule has 4 heteroatoms. The monoisotopic (exact) mass is 313 g/mol. The van der Waals surface area contributed by atoms with Gasteiger partial charge < -0.3 is 5.32 Å². The van der Waals surface area contributed by atoms with E-state index < -0.39 is 0 Å². The third-order valence-corrected chi connectivity index (χ3v) is 5.86. The molecule has 0 fully saturated rings. The van der Waals surface area contributed by atoms with Crippen LogP contribution in [0.5, 0.6) is 0 Å². The maximum atomic E-state index is 5.99. The second kappa shape index (κ2) is 7.44. The van der Waals surface area contributed by atoms with Crippen LogP contribution < -0.4 is 5.32 Å². The molecule has 2 heterocycles. The summed E-state index contributed by atoms with van der Waals surface area (Å²) >= 11 is 9.51. The molecule has 0 saturated heterocycles. The van der Waals surface area contributed by atoms with Crippen molar-refractivity contribution in [2.45, 2.75) is 32.7 Å². The fourth-order valence-electron chi connectivity index (χ4n) is 2.19. The quantitative estimate of drug-likeness (QED) is 0.487. The first kappa shape index (κ1) is 15.0. The Bertz CT molecular complexity index is 498. The standard InChI is InChI=1S/C15H20ClNS2/c1-3-5-11(4-2)6-7-17-10-13-8-12-9-14(16)19-15(12)18-13/h3,8-9,11,17H,1,4-7,10H2,2H3. The molecule has 1 atom stereocenters. The summed E-state index contributed by atoms with van der Waals surface area (Å²) in [4.78, 5) is 1.40. The molecule has 1 N–H and O–H groups in total. The Morgan fingerprint density at radius 2 is 2.26 bits per heavy atom. The topological polar surface area (TPSA) is 12.0 Å². The van der Waals surface area contributed by atoms with E-state index in [4.69, 9.17) is 11.6 Å². The van der Waals surface area contributed by atoms with Crippen molar-refractivity contribution in [1.82, 2.24) is 5.32 Å². The summed E-state index contributed by atoms with van der Waals surface area (Å²) in [5, 5.41) is 4.82. The average molecular weight is 314 g/mol. The van der Waals surface area contributed by atoms with Gasteiger partial charge in [-0.1, -0.05) is 31.0 Å². The van der Waals surface area contributed by atoms with Gasteiger partial charge in [-0.2, -0.15) is 0 Å². The first-order chi connectivity index (χ1) is 9.22. The molecular formula is C15H20ClNS2. The highest BCUT2D eigenvalue weighted by atomic mass is 35.5. The third kappa shape index (κ3) is 4.32. The van der Waals surface area contributed by atoms with Gasteiger partial charge in [0, 0.05) is 16.8 Å². The van der Waals surface area contributed by atoms with Crippen molar-refractivity contribution in [3.8, 4) is 0 Å². The zero-order valence-corrected chi connectivity index (χ0v) is 13.6. The van der Waals surface area contributed by atoms with Crippen LogP contribution in [0.2, 0.25) is 4.34 Å². The molecule has 1 unspecified atom stereocenters. The number of hydrogen-bond donors (Lipinski definition) is 1. The fraction of sp³-hybridized carbons (Fsp3) is 0.467. The van der Waals surface area contributed by atoms with Crippen molar-refractivity contribution >= 4 is 43.7 Å². The molecule has 0 amide bonds. The van der Waals surface area contributed by atoms with E-state index in [-0.39, 0.29) is 0 Å². The molecule has 2 aromatic heterocycles. The van der Waals surface area contributed by atoms with E-state index in [1.807, 2.05) is 17.4 Å². The van der Waals surface area contributed by atoms with Crippen molar-refractivity contribution in [2.24, 2.45) is 5.92 Å². The second-order valence-corrected chi connectivity index (χ2v) is 7.85. The van der Waals surface area contributed by atoms with E-state index in [2.05, 4.69) is 31.0 Å². The minimum Gasteiger partial charge on any atom is -0.312 e. The van der Waals surface area contributed by atoms with Crippen molar-refractivity contribution in [1.29, 1.82) is 0 Å². The van der Waals surface area contributed by atoms with Crippen LogP contribution in [-0.2, 0) is 6.54 Å². The molecule has 2 rings (SSSR count). The summed E-state index contributed by atoms with van der Waals surface area (Å²) in [6.45, 7) is 8.13. The van der Waals surface area contributed by atoms with Crippen molar-refractivity contribution in [2.75, 3.05) is 6.54 Å². The van der Waals surface area contributed by atoms with Crippen LogP contribution in [0.25, 0.3) is 9.40 Å². The number of halogens is 1. The molecule has 19 heavy (non-hydrogen) atoms. The smallest absolute Gasteiger partial charge is 0.0949 e. The van der Waals surface area contributed by atoms with E-state index in [0.29, 0.717) is 0 Å². The van der Waals surface area contributed by atoms with Crippen molar-refractivity contribution in [3.05, 3.63) is 34.0 Å². The van der Waals surface area contributed by atoms with E-state index in [0.717, 1.165) is 29.8 Å². The molecule has 0 aliphatic rings. The zero-order chi connectivity index (χ0) is 13.7. The van der Waals surface area contributed by atoms with Crippen LogP contribution in [0.4, 0.5) is 0 Å². The third-order valence-electron chi connectivity index (χ3n) is 3.34. The Morgan fingerprint density at radius 1 is 1.42 bits per heavy atom. The summed E-state index contributed by atoms with van der Waals surface area (Å²) in [5.41, 5.74) is 0. The molecule has 0 saturated carbocycles. The predicted molar refractivity (Wildman–Crippen MR) is 89.6 cm³/mol. The van der Waals surface area contributed by atoms with Gasteiger partial charge in [0.1, 0.15) is 0 Å². The zero-order valence-electron chi connectivity index (χ0n) is 11.2. The second-order valence-electron chi connectivity index (χ2n) is 4.77. The largest absolute Gasteiger partial charge is 0.312 e. The summed E-state index contributed by atoms with van der Waals surface area (Å²) in [6.07, 6.45) is 5.63. The van der Waals surface area contributed by atoms with Crippen LogP contribution >= 0.6 is 34.3 Å². The number of thiophene rings is 2. The number of hydrogen-bond acceptors (Lipinski definition) is 3. The lowest BCUT2D eigenvalue weighted by molar-refractivity contribution is 0.456. The van der Waals surface area contributed by atoms with Gasteiger partial charge in [-0.15, -0.1) is 29.3 Å². The molecule has 2 aromatic rings. The normalized spacial score (nSPS) is 12.9. The maximum absolute atomic E-state index is 5.99. The molecule has 0 radical (unpaired) electrons. The van der Waals surface area contributed by atoms with E-state index in [1.54, 1.807) is 11.3 Å². The first-order valence-corrected chi connectivity index (χ1v) is 8.73. The van der Waals surface area contributed by atoms with Gasteiger partial charge in [0.15, 0.2) is 0 Å². The van der Waals surface area contributed by atoms with Gasteiger partial charge in [-0.3, -0.25) is 0 Å². The van der Waals surface area contributed by atoms with Crippen LogP contribution in [0.15, 0.2) is 24.8 Å². The number of rotatable bonds is 8. The Labute approximate surface area is 128 Å². The Morgan fingerprint density at radius 3 is 2.95 bits per heavy atom. The molecule has 0 bridgehead atoms. The minimum atomic E-state index is 0.774. The average Bonchev–Trinajstić information content (AvgIpc) is 2.89. The highest BCUT2D eigenvalue weighted by Gasteiger charge is 2.06. The lowest BCUT2D eigenvalue weighted by Gasteiger charge is -2.12. The van der Waals surface area contributed by atoms with E-state index >= 15 is 0 Å². The predicted octanol–water partition coefficient (Wildman–Crippen LogP) is 5.70. The van der Waals surface area contributed by atoms with Crippen LogP contribution in [0, 0.1) is 5.92 Å². The number of fused-ring (bicyclic) bond motifs is 1. The van der Waals surface area contributed by atoms with Crippen LogP contribution in [0.1, 0.15) is 31.1 Å². The van der Waals surface area contributed by atoms with E-state index in [9.17, 15) is 0 Å². The van der Waals surface area contributed by atoms with Gasteiger partial charge in [0.2, 0.25) is 0 Å². The minimum absolute atomic E-state index is 0.774. The lowest BCUT2D eigenvalue weighted by Crippen LogP contribution is -2.16. The van der Waals surface area contributed by atoms with Crippen LogP contribution in [0.3, 0.4) is 0 Å². The summed E-state index contributed by atoms with van der Waals surface area (Å²) < 4.78 is 2.22. The number of allylic oxidation sites excluding steroid dienone is 1. The maximum Gasteiger partial charge on any atom is 0.0949 e. The molecule has 0 aromatic carbocycles. The molecule has 1 nitrogen and oxygen atoms in total. The van der Waals surface area contributed by atoms with Gasteiger partial charge >= 0.3 is 0 Å². The highest BCUT2D eigenvalue weighted by Crippen LogP contribution is 2.35. The summed E-state index contributed by atoms with van der Waals surface area (Å²) in [7, 11) is 0. The number of nitrogens with one attached hydrogen (secondary N) is 1. The summed E-state index contributed by atoms with van der Waals surface area (Å²) in [5.74, 6) is 0.774. The van der Waals surface area contributed by atoms with Gasteiger partial charge in [-0.25, -0.2) is 0 Å². The molecule has 0 aliphatic carbocycles. The lowest BCUT2D eigenvalue weighted by atomic mass is 9.99. The van der Waals surface area contributed by atoms with Gasteiger partial charge in [0.25, 0.3) is 0 Å². The molecular weight excluding hydrogens is 294 g/mol. The highest BCUT2D eigenvalue weighted by molar-refractivity contribution is 7.39. The Balaban J connectivity index is 1.75. The SMILES string of the molecule is C=CCC(CC)CCNCc1cc2cc(Cl)sc2s1. The summed E-state index contributed by atoms with van der Waals surface area (Å²) in [6, 6.07) is 4.30. The van der Waals surface area contributed by atoms with Crippen molar-refractivity contribution in [3.63, 3.8) is 0 Å². The van der Waals surface area contributed by atoms with Crippen molar-refractivity contribution < 1.29 is 0 Å².